The van der Waals surface area contributed by atoms with Crippen LogP contribution in [0, 0.1) is 5.82 Å². The molecule has 2 aliphatic rings. The number of hydrogen-bond acceptors (Lipinski definition) is 6. The molecule has 2 atom stereocenters. The van der Waals surface area contributed by atoms with Crippen LogP contribution in [0.3, 0.4) is 0 Å². The van der Waals surface area contributed by atoms with Crippen LogP contribution < -0.4 is 20.3 Å². The molecule has 2 amide bonds. The average Bonchev–Trinajstić information content (AvgIpc) is 3.03. The summed E-state index contributed by atoms with van der Waals surface area (Å²) in [6.45, 7) is 7.20. The van der Waals surface area contributed by atoms with Gasteiger partial charge in [-0.15, -0.1) is 0 Å². The van der Waals surface area contributed by atoms with E-state index in [9.17, 15) is 14.0 Å². The van der Waals surface area contributed by atoms with Crippen LogP contribution in [0.15, 0.2) is 18.2 Å². The van der Waals surface area contributed by atoms with Gasteiger partial charge in [-0.25, -0.2) is 9.18 Å². The zero-order valence-electron chi connectivity index (χ0n) is 15.5. The lowest BCUT2D eigenvalue weighted by atomic mass is 10.2. The highest BCUT2D eigenvalue weighted by atomic mass is 19.1. The van der Waals surface area contributed by atoms with Crippen LogP contribution >= 0.6 is 0 Å². The normalized spacial score (nSPS) is 21.7. The van der Waals surface area contributed by atoms with Crippen LogP contribution in [-0.2, 0) is 9.53 Å². The molecule has 2 heterocycles. The number of hydrogen-bond donors (Lipinski definition) is 2. The lowest BCUT2D eigenvalue weighted by Crippen LogP contribution is -2.49. The number of benzene rings is 1. The molecule has 1 aromatic carbocycles. The minimum absolute atomic E-state index is 0.146. The van der Waals surface area contributed by atoms with E-state index >= 15 is 0 Å². The van der Waals surface area contributed by atoms with Crippen LogP contribution in [0.1, 0.15) is 13.8 Å². The molecule has 2 N–H and O–H groups in total. The van der Waals surface area contributed by atoms with Crippen LogP contribution in [0.4, 0.5) is 14.9 Å². The second-order valence-electron chi connectivity index (χ2n) is 6.67. The number of anilines is 1. The van der Waals surface area contributed by atoms with E-state index < -0.39 is 18.0 Å². The number of nitrogens with one attached hydrogen (secondary N) is 2. The highest BCUT2D eigenvalue weighted by molar-refractivity contribution is 5.89. The standard InChI is InChI=1S/C18H25FN4O4/c1-12(24)21-10-15-11-23(18(25)27-15)14-3-4-17(16(19)9-14)26-13(2)22-7-5-20-6-8-22/h3-4,9,13,15,20H,5-8,10-11H2,1-2H3,(H,21,24)/t13?,15-/m0/s1. The van der Waals surface area contributed by atoms with E-state index in [0.717, 1.165) is 26.2 Å². The lowest BCUT2D eigenvalue weighted by Gasteiger charge is -2.32. The van der Waals surface area contributed by atoms with E-state index in [4.69, 9.17) is 9.47 Å². The monoisotopic (exact) mass is 380 g/mol. The molecule has 0 bridgehead atoms. The first-order valence-corrected chi connectivity index (χ1v) is 9.07. The fourth-order valence-corrected chi connectivity index (χ4v) is 3.15. The third-order valence-corrected chi connectivity index (χ3v) is 4.64. The molecule has 0 aliphatic carbocycles. The molecule has 9 heteroatoms. The number of carbonyl (C=O) groups excluding carboxylic acids is 2. The Morgan fingerprint density at radius 1 is 1.44 bits per heavy atom. The van der Waals surface area contributed by atoms with Gasteiger partial charge in [0.2, 0.25) is 5.91 Å². The van der Waals surface area contributed by atoms with E-state index in [0.29, 0.717) is 5.69 Å². The van der Waals surface area contributed by atoms with Gasteiger partial charge in [-0.1, -0.05) is 0 Å². The Bertz CT molecular complexity index is 696. The van der Waals surface area contributed by atoms with Gasteiger partial charge in [0.25, 0.3) is 0 Å². The van der Waals surface area contributed by atoms with Crippen molar-refractivity contribution >= 4 is 17.7 Å². The summed E-state index contributed by atoms with van der Waals surface area (Å²) in [4.78, 5) is 26.5. The van der Waals surface area contributed by atoms with E-state index in [2.05, 4.69) is 15.5 Å². The molecule has 2 saturated heterocycles. The Morgan fingerprint density at radius 2 is 2.19 bits per heavy atom. The molecule has 3 rings (SSSR count). The van der Waals surface area contributed by atoms with Gasteiger partial charge in [-0.05, 0) is 19.1 Å². The van der Waals surface area contributed by atoms with E-state index in [1.807, 2.05) is 6.92 Å². The second-order valence-corrected chi connectivity index (χ2v) is 6.67. The molecule has 148 valence electrons. The fraction of sp³-hybridized carbons (Fsp3) is 0.556. The Kier molecular flexibility index (Phi) is 6.12. The molecule has 0 radical (unpaired) electrons. The van der Waals surface area contributed by atoms with E-state index in [1.165, 1.54) is 24.0 Å². The van der Waals surface area contributed by atoms with E-state index in [-0.39, 0.29) is 31.0 Å². The van der Waals surface area contributed by atoms with Gasteiger partial charge in [-0.3, -0.25) is 14.6 Å². The molecule has 0 aromatic heterocycles. The Labute approximate surface area is 157 Å². The van der Waals surface area contributed by atoms with Crippen molar-refractivity contribution in [2.24, 2.45) is 0 Å². The summed E-state index contributed by atoms with van der Waals surface area (Å²) < 4.78 is 25.5. The Balaban J connectivity index is 1.62. The summed E-state index contributed by atoms with van der Waals surface area (Å²) in [6, 6.07) is 4.42. The van der Waals surface area contributed by atoms with Crippen molar-refractivity contribution < 1.29 is 23.5 Å². The molecule has 8 nitrogen and oxygen atoms in total. The smallest absolute Gasteiger partial charge is 0.414 e. The predicted octanol–water partition coefficient (Wildman–Crippen LogP) is 0.917. The number of rotatable bonds is 6. The van der Waals surface area contributed by atoms with Crippen molar-refractivity contribution in [1.29, 1.82) is 0 Å². The number of nitrogens with zero attached hydrogens (tertiary/aromatic N) is 2. The number of halogens is 1. The predicted molar refractivity (Wildman–Crippen MR) is 97.2 cm³/mol. The van der Waals surface area contributed by atoms with Gasteiger partial charge in [0, 0.05) is 39.2 Å². The van der Waals surface area contributed by atoms with Crippen molar-refractivity contribution in [2.75, 3.05) is 44.2 Å². The highest BCUT2D eigenvalue weighted by Crippen LogP contribution is 2.28. The molecule has 1 aromatic rings. The molecule has 2 fully saturated rings. The van der Waals surface area contributed by atoms with Gasteiger partial charge in [0.1, 0.15) is 12.3 Å². The van der Waals surface area contributed by atoms with Crippen LogP contribution in [0.5, 0.6) is 5.75 Å². The largest absolute Gasteiger partial charge is 0.472 e. The fourth-order valence-electron chi connectivity index (χ4n) is 3.15. The van der Waals surface area contributed by atoms with Crippen LogP contribution in [0.2, 0.25) is 0 Å². The number of carbonyl (C=O) groups is 2. The van der Waals surface area contributed by atoms with Crippen molar-refractivity contribution in [3.8, 4) is 5.75 Å². The molecule has 27 heavy (non-hydrogen) atoms. The quantitative estimate of drug-likeness (QED) is 0.764. The Hall–Kier alpha value is -2.39. The molecule has 0 saturated carbocycles. The van der Waals surface area contributed by atoms with Gasteiger partial charge in [-0.2, -0.15) is 0 Å². The van der Waals surface area contributed by atoms with Gasteiger partial charge < -0.3 is 20.1 Å². The van der Waals surface area contributed by atoms with Gasteiger partial charge >= 0.3 is 6.09 Å². The summed E-state index contributed by atoms with van der Waals surface area (Å²) in [7, 11) is 0. The Morgan fingerprint density at radius 3 is 2.85 bits per heavy atom. The first kappa shape index (κ1) is 19.4. The van der Waals surface area contributed by atoms with Gasteiger partial charge in [0.05, 0.1) is 18.8 Å². The van der Waals surface area contributed by atoms with Crippen molar-refractivity contribution in [3.63, 3.8) is 0 Å². The van der Waals surface area contributed by atoms with Crippen molar-refractivity contribution in [1.82, 2.24) is 15.5 Å². The first-order chi connectivity index (χ1) is 12.9. The molecular weight excluding hydrogens is 355 g/mol. The third-order valence-electron chi connectivity index (χ3n) is 4.64. The second kappa shape index (κ2) is 8.53. The minimum atomic E-state index is -0.562. The number of ether oxygens (including phenoxy) is 2. The minimum Gasteiger partial charge on any atom is -0.472 e. The summed E-state index contributed by atoms with van der Waals surface area (Å²) in [6.07, 6.45) is -1.27. The van der Waals surface area contributed by atoms with Crippen molar-refractivity contribution in [2.45, 2.75) is 26.2 Å². The summed E-state index contributed by atoms with van der Waals surface area (Å²) in [5.41, 5.74) is 0.394. The zero-order chi connectivity index (χ0) is 19.4. The van der Waals surface area contributed by atoms with Crippen LogP contribution in [0.25, 0.3) is 0 Å². The molecular formula is C18H25FN4O4. The number of piperazine rings is 1. The maximum atomic E-state index is 14.5. The molecule has 0 spiro atoms. The molecule has 2 aliphatic heterocycles. The van der Waals surface area contributed by atoms with Gasteiger partial charge in [0.15, 0.2) is 11.6 Å². The maximum absolute atomic E-state index is 14.5. The third kappa shape index (κ3) is 4.86. The lowest BCUT2D eigenvalue weighted by molar-refractivity contribution is -0.119. The zero-order valence-corrected chi connectivity index (χ0v) is 15.5. The summed E-state index contributed by atoms with van der Waals surface area (Å²) in [5.74, 6) is -0.588. The maximum Gasteiger partial charge on any atom is 0.414 e. The topological polar surface area (TPSA) is 83.1 Å². The highest BCUT2D eigenvalue weighted by Gasteiger charge is 2.33. The number of amides is 2. The van der Waals surface area contributed by atoms with Crippen molar-refractivity contribution in [3.05, 3.63) is 24.0 Å². The van der Waals surface area contributed by atoms with Crippen LogP contribution in [-0.4, -0.2) is 68.5 Å². The molecule has 1 unspecified atom stereocenters. The van der Waals surface area contributed by atoms with E-state index in [1.54, 1.807) is 6.07 Å². The summed E-state index contributed by atoms with van der Waals surface area (Å²) in [5, 5.41) is 5.87. The SMILES string of the molecule is CC(=O)NC[C@H]1CN(c2ccc(OC(C)N3CCNCC3)c(F)c2)C(=O)O1. The number of cyclic esters (lactones) is 1. The average molecular weight is 380 g/mol. The first-order valence-electron chi connectivity index (χ1n) is 9.07. The summed E-state index contributed by atoms with van der Waals surface area (Å²) >= 11 is 0.